The molecule has 5 nitrogen and oxygen atoms in total. The molecule has 1 aliphatic rings. The molecule has 1 aromatic carbocycles. The summed E-state index contributed by atoms with van der Waals surface area (Å²) in [5.41, 5.74) is 3.70. The van der Waals surface area contributed by atoms with Gasteiger partial charge in [-0.2, -0.15) is 0 Å². The van der Waals surface area contributed by atoms with E-state index in [1.54, 1.807) is 0 Å². The van der Waals surface area contributed by atoms with Crippen molar-refractivity contribution in [2.45, 2.75) is 45.4 Å². The average Bonchev–Trinajstić information content (AvgIpc) is 3.34. The molecule has 1 fully saturated rings. The molecular formula is C20H20BrN3O2. The number of aryl methyl sites for hydroxylation is 1. The molecule has 3 aromatic rings. The van der Waals surface area contributed by atoms with Crippen molar-refractivity contribution < 1.29 is 9.21 Å². The Labute approximate surface area is 160 Å². The maximum absolute atomic E-state index is 13.0. The zero-order chi connectivity index (χ0) is 18.3. The highest BCUT2D eigenvalue weighted by molar-refractivity contribution is 9.10. The van der Waals surface area contributed by atoms with Crippen molar-refractivity contribution in [3.05, 3.63) is 57.0 Å². The quantitative estimate of drug-likeness (QED) is 0.586. The fraction of sp³-hybridized carbons (Fsp3) is 0.350. The number of aromatic amines is 1. The van der Waals surface area contributed by atoms with Gasteiger partial charge in [-0.05, 0) is 44.4 Å². The van der Waals surface area contributed by atoms with Gasteiger partial charge in [0.25, 0.3) is 5.89 Å². The maximum atomic E-state index is 13.0. The van der Waals surface area contributed by atoms with E-state index >= 15 is 0 Å². The number of nitrogens with one attached hydrogen (secondary N) is 1. The number of ketones is 1. The summed E-state index contributed by atoms with van der Waals surface area (Å²) in [4.78, 5) is 16.3. The van der Waals surface area contributed by atoms with Gasteiger partial charge in [0.2, 0.25) is 5.89 Å². The lowest BCUT2D eigenvalue weighted by molar-refractivity contribution is 0.103. The molecule has 1 saturated carbocycles. The van der Waals surface area contributed by atoms with E-state index in [9.17, 15) is 4.79 Å². The van der Waals surface area contributed by atoms with Crippen LogP contribution >= 0.6 is 15.9 Å². The van der Waals surface area contributed by atoms with Crippen LogP contribution in [0.3, 0.4) is 0 Å². The fourth-order valence-corrected chi connectivity index (χ4v) is 4.15. The monoisotopic (exact) mass is 413 g/mol. The molecule has 0 amide bonds. The van der Waals surface area contributed by atoms with Crippen LogP contribution in [0.25, 0.3) is 11.6 Å². The number of H-pyrrole nitrogens is 1. The topological polar surface area (TPSA) is 71.8 Å². The summed E-state index contributed by atoms with van der Waals surface area (Å²) >= 11 is 3.42. The van der Waals surface area contributed by atoms with E-state index in [0.29, 0.717) is 28.8 Å². The molecule has 6 heteroatoms. The highest BCUT2D eigenvalue weighted by Crippen LogP contribution is 2.35. The number of hydrogen-bond acceptors (Lipinski definition) is 4. The Hall–Kier alpha value is -2.21. The summed E-state index contributed by atoms with van der Waals surface area (Å²) in [7, 11) is 0. The van der Waals surface area contributed by atoms with E-state index in [2.05, 4.69) is 31.1 Å². The molecule has 134 valence electrons. The molecule has 0 aliphatic heterocycles. The van der Waals surface area contributed by atoms with Crippen LogP contribution in [0.15, 0.2) is 33.2 Å². The highest BCUT2D eigenvalue weighted by Gasteiger charge is 2.26. The van der Waals surface area contributed by atoms with Crippen molar-refractivity contribution in [2.24, 2.45) is 0 Å². The van der Waals surface area contributed by atoms with E-state index in [0.717, 1.165) is 34.3 Å². The normalized spacial score (nSPS) is 14.9. The Morgan fingerprint density at radius 3 is 2.73 bits per heavy atom. The van der Waals surface area contributed by atoms with Crippen LogP contribution in [0.4, 0.5) is 0 Å². The van der Waals surface area contributed by atoms with Gasteiger partial charge in [0.1, 0.15) is 5.69 Å². The SMILES string of the molecule is Cc1[nH]c(-c2nnc(C3CCCC3)o2)c(C)c1C(=O)c1cccc(Br)c1. The van der Waals surface area contributed by atoms with Gasteiger partial charge in [0, 0.05) is 27.2 Å². The lowest BCUT2D eigenvalue weighted by atomic mass is 10.00. The second kappa shape index (κ2) is 6.83. The maximum Gasteiger partial charge on any atom is 0.264 e. The molecule has 2 heterocycles. The Morgan fingerprint density at radius 1 is 1.23 bits per heavy atom. The minimum Gasteiger partial charge on any atom is -0.419 e. The van der Waals surface area contributed by atoms with Crippen LogP contribution in [-0.4, -0.2) is 21.0 Å². The fourth-order valence-electron chi connectivity index (χ4n) is 3.75. The van der Waals surface area contributed by atoms with Crippen LogP contribution in [0, 0.1) is 13.8 Å². The molecule has 2 aromatic heterocycles. The standard InChI is InChI=1S/C20H20BrN3O2/c1-11-16(18(25)14-8-5-9-15(21)10-14)12(2)22-17(11)20-24-23-19(26-20)13-6-3-4-7-13/h5,8-10,13,22H,3-4,6-7H2,1-2H3. The van der Waals surface area contributed by atoms with E-state index in [1.807, 2.05) is 38.1 Å². The molecule has 0 spiro atoms. The molecule has 1 aliphatic carbocycles. The van der Waals surface area contributed by atoms with Gasteiger partial charge in [-0.3, -0.25) is 4.79 Å². The van der Waals surface area contributed by atoms with Gasteiger partial charge in [0.15, 0.2) is 5.78 Å². The predicted molar refractivity (Wildman–Crippen MR) is 102 cm³/mol. The van der Waals surface area contributed by atoms with Crippen LogP contribution in [0.5, 0.6) is 0 Å². The lowest BCUT2D eigenvalue weighted by Gasteiger charge is -2.03. The minimum absolute atomic E-state index is 0.0145. The number of carbonyl (C=O) groups excluding carboxylic acids is 1. The van der Waals surface area contributed by atoms with E-state index in [4.69, 9.17) is 4.42 Å². The summed E-state index contributed by atoms with van der Waals surface area (Å²) < 4.78 is 6.82. The van der Waals surface area contributed by atoms with Crippen LogP contribution in [0.1, 0.15) is 64.7 Å². The second-order valence-electron chi connectivity index (χ2n) is 6.89. The van der Waals surface area contributed by atoms with Crippen molar-refractivity contribution >= 4 is 21.7 Å². The molecule has 0 bridgehead atoms. The van der Waals surface area contributed by atoms with Crippen molar-refractivity contribution in [3.63, 3.8) is 0 Å². The second-order valence-corrected chi connectivity index (χ2v) is 7.81. The Morgan fingerprint density at radius 2 is 2.00 bits per heavy atom. The molecule has 1 N–H and O–H groups in total. The molecule has 0 radical (unpaired) electrons. The molecule has 0 saturated heterocycles. The zero-order valence-corrected chi connectivity index (χ0v) is 16.4. The predicted octanol–water partition coefficient (Wildman–Crippen LogP) is 5.33. The average molecular weight is 414 g/mol. The van der Waals surface area contributed by atoms with Gasteiger partial charge in [-0.25, -0.2) is 0 Å². The van der Waals surface area contributed by atoms with Gasteiger partial charge >= 0.3 is 0 Å². The molecule has 4 rings (SSSR count). The number of hydrogen-bond donors (Lipinski definition) is 1. The highest BCUT2D eigenvalue weighted by atomic mass is 79.9. The molecular weight excluding hydrogens is 394 g/mol. The van der Waals surface area contributed by atoms with Crippen LogP contribution in [0.2, 0.25) is 0 Å². The van der Waals surface area contributed by atoms with Crippen LogP contribution in [-0.2, 0) is 0 Å². The first-order valence-corrected chi connectivity index (χ1v) is 9.67. The summed E-state index contributed by atoms with van der Waals surface area (Å²) in [6, 6.07) is 7.42. The Bertz CT molecular complexity index is 967. The first-order chi connectivity index (χ1) is 12.5. The number of carbonyl (C=O) groups is 1. The molecule has 26 heavy (non-hydrogen) atoms. The van der Waals surface area contributed by atoms with Gasteiger partial charge in [-0.15, -0.1) is 10.2 Å². The number of aromatic nitrogens is 3. The summed E-state index contributed by atoms with van der Waals surface area (Å²) in [6.45, 7) is 3.82. The molecule has 0 unspecified atom stereocenters. The lowest BCUT2D eigenvalue weighted by Crippen LogP contribution is -2.03. The van der Waals surface area contributed by atoms with Gasteiger partial charge in [-0.1, -0.05) is 40.9 Å². The zero-order valence-electron chi connectivity index (χ0n) is 14.8. The summed E-state index contributed by atoms with van der Waals surface area (Å²) in [6.07, 6.45) is 4.65. The number of halogens is 1. The first-order valence-electron chi connectivity index (χ1n) is 8.88. The largest absolute Gasteiger partial charge is 0.419 e. The first kappa shape index (κ1) is 17.2. The van der Waals surface area contributed by atoms with E-state index < -0.39 is 0 Å². The van der Waals surface area contributed by atoms with Crippen molar-refractivity contribution in [3.8, 4) is 11.6 Å². The van der Waals surface area contributed by atoms with Crippen molar-refractivity contribution in [1.29, 1.82) is 0 Å². The summed E-state index contributed by atoms with van der Waals surface area (Å²) in [5.74, 6) is 1.53. The van der Waals surface area contributed by atoms with Gasteiger partial charge < -0.3 is 9.40 Å². The third-order valence-electron chi connectivity index (χ3n) is 5.11. The minimum atomic E-state index is -0.0145. The van der Waals surface area contributed by atoms with E-state index in [1.165, 1.54) is 12.8 Å². The number of nitrogens with zero attached hydrogens (tertiary/aromatic N) is 2. The van der Waals surface area contributed by atoms with Crippen molar-refractivity contribution in [2.75, 3.05) is 0 Å². The number of rotatable bonds is 4. The smallest absolute Gasteiger partial charge is 0.264 e. The third-order valence-corrected chi connectivity index (χ3v) is 5.60. The Kier molecular flexibility index (Phi) is 4.53. The third kappa shape index (κ3) is 3.03. The van der Waals surface area contributed by atoms with Crippen molar-refractivity contribution in [1.82, 2.24) is 15.2 Å². The molecule has 0 atom stereocenters. The van der Waals surface area contributed by atoms with Gasteiger partial charge in [0.05, 0.1) is 0 Å². The van der Waals surface area contributed by atoms with E-state index in [-0.39, 0.29) is 5.78 Å². The summed E-state index contributed by atoms with van der Waals surface area (Å²) in [5, 5.41) is 8.47. The van der Waals surface area contributed by atoms with Crippen LogP contribution < -0.4 is 0 Å². The Balaban J connectivity index is 1.69. The number of benzene rings is 1.